The van der Waals surface area contributed by atoms with Gasteiger partial charge in [0.1, 0.15) is 5.82 Å². The molecule has 0 aliphatic heterocycles. The van der Waals surface area contributed by atoms with Crippen molar-refractivity contribution in [1.82, 2.24) is 24.1 Å². The first-order valence-corrected chi connectivity index (χ1v) is 19.0. The minimum absolute atomic E-state index is 0.643. The maximum Gasteiger partial charge on any atom is 0.235 e. The van der Waals surface area contributed by atoms with Gasteiger partial charge >= 0.3 is 0 Å². The second-order valence-electron chi connectivity index (χ2n) is 14.4. The molecule has 260 valence electrons. The predicted octanol–water partition coefficient (Wildman–Crippen LogP) is 12.9. The van der Waals surface area contributed by atoms with Crippen LogP contribution in [0.25, 0.3) is 110 Å². The van der Waals surface area contributed by atoms with Crippen LogP contribution in [0.5, 0.6) is 0 Å². The first-order valence-electron chi connectivity index (χ1n) is 19.0. The van der Waals surface area contributed by atoms with Crippen molar-refractivity contribution in [2.75, 3.05) is 0 Å². The van der Waals surface area contributed by atoms with E-state index in [0.717, 1.165) is 66.7 Å². The smallest absolute Gasteiger partial charge is 0.235 e. The van der Waals surface area contributed by atoms with Crippen LogP contribution in [-0.4, -0.2) is 24.1 Å². The van der Waals surface area contributed by atoms with Crippen LogP contribution in [0.3, 0.4) is 0 Å². The zero-order valence-corrected chi connectivity index (χ0v) is 30.1. The zero-order chi connectivity index (χ0) is 36.7. The van der Waals surface area contributed by atoms with E-state index in [1.165, 1.54) is 37.7 Å². The molecule has 5 heteroatoms. The minimum atomic E-state index is 0.643. The Morgan fingerprint density at radius 1 is 0.321 bits per heavy atom. The molecular weight excluding hydrogens is 683 g/mol. The van der Waals surface area contributed by atoms with Gasteiger partial charge < -0.3 is 0 Å². The summed E-state index contributed by atoms with van der Waals surface area (Å²) >= 11 is 0. The molecule has 0 radical (unpaired) electrons. The van der Waals surface area contributed by atoms with Crippen LogP contribution < -0.4 is 0 Å². The van der Waals surface area contributed by atoms with Crippen LogP contribution in [0.1, 0.15) is 0 Å². The van der Waals surface area contributed by atoms with E-state index in [1.807, 2.05) is 6.07 Å². The van der Waals surface area contributed by atoms with Gasteiger partial charge in [-0.15, -0.1) is 0 Å². The summed E-state index contributed by atoms with van der Waals surface area (Å²) in [5.74, 6) is 1.55. The number of rotatable bonds is 4. The predicted molar refractivity (Wildman–Crippen MR) is 232 cm³/mol. The minimum Gasteiger partial charge on any atom is -0.292 e. The van der Waals surface area contributed by atoms with Gasteiger partial charge in [-0.2, -0.15) is 0 Å². The second-order valence-corrected chi connectivity index (χ2v) is 14.4. The summed E-state index contributed by atoms with van der Waals surface area (Å²) in [4.78, 5) is 16.1. The van der Waals surface area contributed by atoms with Gasteiger partial charge in [0.05, 0.1) is 33.3 Å². The molecule has 0 amide bonds. The van der Waals surface area contributed by atoms with Gasteiger partial charge in [0, 0.05) is 43.7 Å². The molecule has 0 saturated heterocycles. The highest BCUT2D eigenvalue weighted by Crippen LogP contribution is 2.46. The number of aromatic nitrogens is 5. The molecule has 0 aliphatic rings. The number of imidazole rings is 1. The van der Waals surface area contributed by atoms with Gasteiger partial charge in [-0.25, -0.2) is 15.0 Å². The topological polar surface area (TPSA) is 48.5 Å². The number of para-hydroxylation sites is 3. The highest BCUT2D eigenvalue weighted by molar-refractivity contribution is 6.39. The number of nitrogens with zero attached hydrogens (tertiary/aromatic N) is 5. The molecule has 9 aromatic carbocycles. The summed E-state index contributed by atoms with van der Waals surface area (Å²) in [5.41, 5.74) is 9.14. The van der Waals surface area contributed by atoms with Gasteiger partial charge in [0.2, 0.25) is 5.95 Å². The molecule has 0 atom stereocenters. The van der Waals surface area contributed by atoms with E-state index in [1.54, 1.807) is 0 Å². The molecule has 5 nitrogen and oxygen atoms in total. The maximum absolute atomic E-state index is 5.40. The third kappa shape index (κ3) is 4.39. The number of hydrogen-bond acceptors (Lipinski definition) is 3. The third-order valence-corrected chi connectivity index (χ3v) is 11.3. The quantitative estimate of drug-likeness (QED) is 0.171. The van der Waals surface area contributed by atoms with Gasteiger partial charge in [-0.05, 0) is 57.9 Å². The summed E-state index contributed by atoms with van der Waals surface area (Å²) < 4.78 is 4.62. The van der Waals surface area contributed by atoms with E-state index in [-0.39, 0.29) is 0 Å². The van der Waals surface area contributed by atoms with Gasteiger partial charge in [0.25, 0.3) is 0 Å². The molecule has 0 unspecified atom stereocenters. The lowest BCUT2D eigenvalue weighted by atomic mass is 9.91. The molecule has 56 heavy (non-hydrogen) atoms. The lowest BCUT2D eigenvalue weighted by molar-refractivity contribution is 1.01. The maximum atomic E-state index is 5.40. The Balaban J connectivity index is 1.30. The van der Waals surface area contributed by atoms with Crippen molar-refractivity contribution < 1.29 is 0 Å². The molecule has 3 heterocycles. The van der Waals surface area contributed by atoms with Gasteiger partial charge in [-0.1, -0.05) is 152 Å². The van der Waals surface area contributed by atoms with Crippen molar-refractivity contribution >= 4 is 76.1 Å². The SMILES string of the molecule is c1ccc(-c2nc(-n3c4ccccc4c4c5c(ccc43)c3ccccc3c3ccc4nc(-c6ccccc6)n(-c6ccccc6)c4c35)nc3ccccc23)cc1. The summed E-state index contributed by atoms with van der Waals surface area (Å²) in [5, 5.41) is 10.5. The fourth-order valence-corrected chi connectivity index (χ4v) is 8.95. The molecule has 12 rings (SSSR count). The summed E-state index contributed by atoms with van der Waals surface area (Å²) in [7, 11) is 0. The fraction of sp³-hybridized carbons (Fsp3) is 0. The lowest BCUT2D eigenvalue weighted by Crippen LogP contribution is -2.03. The summed E-state index contributed by atoms with van der Waals surface area (Å²) in [6.07, 6.45) is 0. The van der Waals surface area contributed by atoms with E-state index >= 15 is 0 Å². The largest absolute Gasteiger partial charge is 0.292 e. The molecule has 0 spiro atoms. The van der Waals surface area contributed by atoms with E-state index in [0.29, 0.717) is 5.95 Å². The summed E-state index contributed by atoms with van der Waals surface area (Å²) in [6.45, 7) is 0. The van der Waals surface area contributed by atoms with Crippen LogP contribution in [0.15, 0.2) is 188 Å². The van der Waals surface area contributed by atoms with E-state index in [2.05, 4.69) is 191 Å². The first kappa shape index (κ1) is 30.8. The molecule has 0 saturated carbocycles. The van der Waals surface area contributed by atoms with Crippen molar-refractivity contribution in [3.63, 3.8) is 0 Å². The standard InChI is InChI=1S/C51H31N5/c1-4-16-32(17-5-1)48-39-24-12-14-26-41(39)53-51(54-48)56-43-27-15-13-25-40(43)45-44(56)31-29-37-35-22-10-11-23-36(35)38-28-30-42-49(47(38)46(37)45)55(34-20-8-3-9-21-34)50(52-42)33-18-6-2-7-19-33/h1-31H. The fourth-order valence-electron chi connectivity index (χ4n) is 8.95. The Kier molecular flexibility index (Phi) is 6.56. The van der Waals surface area contributed by atoms with E-state index < -0.39 is 0 Å². The average Bonchev–Trinajstić information content (AvgIpc) is 3.83. The molecule has 0 bridgehead atoms. The molecule has 0 N–H and O–H groups in total. The Bertz CT molecular complexity index is 3510. The van der Waals surface area contributed by atoms with Crippen molar-refractivity contribution in [1.29, 1.82) is 0 Å². The highest BCUT2D eigenvalue weighted by atomic mass is 15.2. The van der Waals surface area contributed by atoms with Crippen LogP contribution in [0.4, 0.5) is 0 Å². The van der Waals surface area contributed by atoms with E-state index in [4.69, 9.17) is 15.0 Å². The van der Waals surface area contributed by atoms with Crippen molar-refractivity contribution in [2.24, 2.45) is 0 Å². The Morgan fingerprint density at radius 2 is 0.911 bits per heavy atom. The molecule has 3 aromatic heterocycles. The second kappa shape index (κ2) is 11.9. The third-order valence-electron chi connectivity index (χ3n) is 11.3. The zero-order valence-electron chi connectivity index (χ0n) is 30.1. The van der Waals surface area contributed by atoms with Crippen LogP contribution in [0, 0.1) is 0 Å². The van der Waals surface area contributed by atoms with E-state index in [9.17, 15) is 0 Å². The lowest BCUT2D eigenvalue weighted by Gasteiger charge is -2.16. The Morgan fingerprint density at radius 3 is 1.66 bits per heavy atom. The van der Waals surface area contributed by atoms with Crippen molar-refractivity contribution in [3.05, 3.63) is 188 Å². The van der Waals surface area contributed by atoms with Crippen LogP contribution in [0.2, 0.25) is 0 Å². The number of fused-ring (bicyclic) bond motifs is 13. The molecule has 0 fully saturated rings. The first-order chi connectivity index (χ1) is 27.8. The van der Waals surface area contributed by atoms with Crippen molar-refractivity contribution in [3.8, 4) is 34.3 Å². The molecule has 0 aliphatic carbocycles. The molecular formula is C51H31N5. The van der Waals surface area contributed by atoms with Gasteiger partial charge in [-0.3, -0.25) is 9.13 Å². The Hall–Kier alpha value is -7.63. The molecule has 12 aromatic rings. The Labute approximate surface area is 321 Å². The summed E-state index contributed by atoms with van der Waals surface area (Å²) in [6, 6.07) is 66.4. The normalized spacial score (nSPS) is 11.9. The van der Waals surface area contributed by atoms with Crippen molar-refractivity contribution in [2.45, 2.75) is 0 Å². The number of hydrogen-bond donors (Lipinski definition) is 0. The average molecular weight is 714 g/mol. The van der Waals surface area contributed by atoms with Crippen LogP contribution >= 0.6 is 0 Å². The number of benzene rings is 9. The van der Waals surface area contributed by atoms with Gasteiger partial charge in [0.15, 0.2) is 0 Å². The van der Waals surface area contributed by atoms with Crippen LogP contribution in [-0.2, 0) is 0 Å². The highest BCUT2D eigenvalue weighted by Gasteiger charge is 2.24. The monoisotopic (exact) mass is 713 g/mol.